The summed E-state index contributed by atoms with van der Waals surface area (Å²) in [5, 5.41) is 0. The van der Waals surface area contributed by atoms with Crippen molar-refractivity contribution in [3.63, 3.8) is 0 Å². The van der Waals surface area contributed by atoms with Gasteiger partial charge in [-0.1, -0.05) is 13.0 Å². The van der Waals surface area contributed by atoms with Crippen molar-refractivity contribution >= 4 is 0 Å². The van der Waals surface area contributed by atoms with E-state index >= 15 is 0 Å². The molecule has 2 N–H and O–H groups in total. The highest BCUT2D eigenvalue weighted by Crippen LogP contribution is 2.49. The maximum atomic E-state index is 5.67. The van der Waals surface area contributed by atoms with E-state index in [-0.39, 0.29) is 0 Å². The van der Waals surface area contributed by atoms with E-state index in [0.29, 0.717) is 5.41 Å². The number of hydrogen-bond acceptors (Lipinski definition) is 1. The van der Waals surface area contributed by atoms with Crippen molar-refractivity contribution in [3.05, 3.63) is 11.8 Å². The molecule has 0 bridgehead atoms. The summed E-state index contributed by atoms with van der Waals surface area (Å²) in [5.74, 6) is 0. The molecule has 1 rings (SSSR count). The lowest BCUT2D eigenvalue weighted by Gasteiger charge is -2.05. The second-order valence-electron chi connectivity index (χ2n) is 2.80. The van der Waals surface area contributed by atoms with Crippen LogP contribution in [0.1, 0.15) is 26.7 Å². The molecule has 1 aliphatic rings. The molecule has 0 aliphatic heterocycles. The third-order valence-corrected chi connectivity index (χ3v) is 2.01. The van der Waals surface area contributed by atoms with Crippen molar-refractivity contribution < 1.29 is 0 Å². The summed E-state index contributed by atoms with van der Waals surface area (Å²) >= 11 is 0. The first-order valence-corrected chi connectivity index (χ1v) is 3.11. The molecular weight excluding hydrogens is 98.1 g/mol. The van der Waals surface area contributed by atoms with Gasteiger partial charge in [0.1, 0.15) is 0 Å². The Hall–Kier alpha value is -0.460. The summed E-state index contributed by atoms with van der Waals surface area (Å²) in [6.45, 7) is 4.21. The van der Waals surface area contributed by atoms with Gasteiger partial charge in [-0.25, -0.2) is 0 Å². The maximum absolute atomic E-state index is 5.67. The lowest BCUT2D eigenvalue weighted by Crippen LogP contribution is -2.07. The molecule has 0 aromatic carbocycles. The second-order valence-corrected chi connectivity index (χ2v) is 2.80. The van der Waals surface area contributed by atoms with Gasteiger partial charge in [-0.2, -0.15) is 0 Å². The highest BCUT2D eigenvalue weighted by atomic mass is 14.7. The summed E-state index contributed by atoms with van der Waals surface area (Å²) in [6, 6.07) is 0. The predicted octanol–water partition coefficient (Wildman–Crippen LogP) is 1.65. The summed E-state index contributed by atoms with van der Waals surface area (Å²) in [4.78, 5) is 0. The van der Waals surface area contributed by atoms with E-state index < -0.39 is 0 Å². The molecule has 0 aromatic heterocycles. The van der Waals surface area contributed by atoms with Gasteiger partial charge in [-0.15, -0.1) is 0 Å². The largest absolute Gasteiger partial charge is 0.402 e. The van der Waals surface area contributed by atoms with Crippen molar-refractivity contribution in [1.29, 1.82) is 0 Å². The Morgan fingerprint density at radius 3 is 2.25 bits per heavy atom. The number of hydrogen-bond donors (Lipinski definition) is 1. The topological polar surface area (TPSA) is 26.0 Å². The van der Waals surface area contributed by atoms with Crippen LogP contribution in [0, 0.1) is 5.41 Å². The fourth-order valence-corrected chi connectivity index (χ4v) is 0.825. The molecule has 46 valence electrons. The highest BCUT2D eigenvalue weighted by molar-refractivity contribution is 5.15. The lowest BCUT2D eigenvalue weighted by molar-refractivity contribution is 0.677. The van der Waals surface area contributed by atoms with Crippen LogP contribution in [0.4, 0.5) is 0 Å². The molecule has 0 amide bonds. The van der Waals surface area contributed by atoms with Crippen molar-refractivity contribution in [2.45, 2.75) is 26.7 Å². The average molecular weight is 111 g/mol. The molecule has 1 heteroatoms. The third-order valence-electron chi connectivity index (χ3n) is 2.01. The van der Waals surface area contributed by atoms with Gasteiger partial charge in [0.15, 0.2) is 0 Å². The van der Waals surface area contributed by atoms with E-state index in [4.69, 9.17) is 5.73 Å². The van der Waals surface area contributed by atoms with Crippen molar-refractivity contribution in [3.8, 4) is 0 Å². The Labute approximate surface area is 50.6 Å². The molecule has 1 nitrogen and oxygen atoms in total. The van der Waals surface area contributed by atoms with Crippen LogP contribution in [-0.4, -0.2) is 0 Å². The van der Waals surface area contributed by atoms with Crippen LogP contribution >= 0.6 is 0 Å². The molecule has 0 aromatic rings. The van der Waals surface area contributed by atoms with Crippen LogP contribution in [0.3, 0.4) is 0 Å². The van der Waals surface area contributed by atoms with E-state index in [0.717, 1.165) is 5.70 Å². The second kappa shape index (κ2) is 1.51. The monoisotopic (exact) mass is 111 g/mol. The third kappa shape index (κ3) is 0.726. The first kappa shape index (κ1) is 5.67. The summed E-state index contributed by atoms with van der Waals surface area (Å²) in [6.07, 6.45) is 4.57. The molecule has 8 heavy (non-hydrogen) atoms. The Kier molecular flexibility index (Phi) is 1.07. The molecule has 0 heterocycles. The zero-order chi connectivity index (χ0) is 6.20. The molecule has 1 fully saturated rings. The molecule has 1 aliphatic carbocycles. The van der Waals surface area contributed by atoms with Crippen molar-refractivity contribution in [1.82, 2.24) is 0 Å². The van der Waals surface area contributed by atoms with Crippen LogP contribution in [0.2, 0.25) is 0 Å². The number of allylic oxidation sites excluding steroid dienone is 2. The fourth-order valence-electron chi connectivity index (χ4n) is 0.825. The van der Waals surface area contributed by atoms with Gasteiger partial charge in [-0.3, -0.25) is 0 Å². The molecule has 0 atom stereocenters. The zero-order valence-electron chi connectivity index (χ0n) is 5.57. The summed E-state index contributed by atoms with van der Waals surface area (Å²) < 4.78 is 0. The molecule has 0 saturated heterocycles. The minimum Gasteiger partial charge on any atom is -0.402 e. The van der Waals surface area contributed by atoms with Gasteiger partial charge in [0, 0.05) is 11.1 Å². The first-order valence-electron chi connectivity index (χ1n) is 3.11. The maximum Gasteiger partial charge on any atom is 0.00973 e. The lowest BCUT2D eigenvalue weighted by atomic mass is 10.1. The van der Waals surface area contributed by atoms with Crippen LogP contribution < -0.4 is 5.73 Å². The highest BCUT2D eigenvalue weighted by Gasteiger charge is 2.39. The normalized spacial score (nSPS) is 25.5. The Morgan fingerprint density at radius 1 is 1.62 bits per heavy atom. The molecule has 1 saturated carbocycles. The van der Waals surface area contributed by atoms with Crippen LogP contribution in [0.5, 0.6) is 0 Å². The Morgan fingerprint density at radius 2 is 2.12 bits per heavy atom. The van der Waals surface area contributed by atoms with Gasteiger partial charge >= 0.3 is 0 Å². The minimum absolute atomic E-state index is 0.398. The SMILES string of the molecule is CC=C(N)C1(C)CC1. The van der Waals surface area contributed by atoms with Crippen LogP contribution in [0.15, 0.2) is 11.8 Å². The van der Waals surface area contributed by atoms with Gasteiger partial charge in [0.05, 0.1) is 0 Å². The zero-order valence-corrected chi connectivity index (χ0v) is 5.57. The van der Waals surface area contributed by atoms with Gasteiger partial charge in [0.2, 0.25) is 0 Å². The van der Waals surface area contributed by atoms with E-state index in [1.54, 1.807) is 0 Å². The van der Waals surface area contributed by atoms with Gasteiger partial charge < -0.3 is 5.73 Å². The average Bonchev–Trinajstić information content (AvgIpc) is 2.47. The summed E-state index contributed by atoms with van der Waals surface area (Å²) in [7, 11) is 0. The van der Waals surface area contributed by atoms with Crippen LogP contribution in [0.25, 0.3) is 0 Å². The van der Waals surface area contributed by atoms with Gasteiger partial charge in [-0.05, 0) is 19.8 Å². The van der Waals surface area contributed by atoms with Crippen LogP contribution in [-0.2, 0) is 0 Å². The quantitative estimate of drug-likeness (QED) is 0.547. The van der Waals surface area contributed by atoms with Crippen molar-refractivity contribution in [2.24, 2.45) is 11.1 Å². The molecule has 0 radical (unpaired) electrons. The number of rotatable bonds is 1. The minimum atomic E-state index is 0.398. The first-order chi connectivity index (χ1) is 3.69. The van der Waals surface area contributed by atoms with E-state index in [2.05, 4.69) is 6.92 Å². The van der Waals surface area contributed by atoms with E-state index in [1.165, 1.54) is 12.8 Å². The molecule has 0 unspecified atom stereocenters. The number of nitrogens with two attached hydrogens (primary N) is 1. The van der Waals surface area contributed by atoms with Crippen molar-refractivity contribution in [2.75, 3.05) is 0 Å². The fraction of sp³-hybridized carbons (Fsp3) is 0.714. The predicted molar refractivity (Wildman–Crippen MR) is 35.3 cm³/mol. The Balaban J connectivity index is 2.59. The van der Waals surface area contributed by atoms with E-state index in [1.807, 2.05) is 13.0 Å². The Bertz CT molecular complexity index is 120. The van der Waals surface area contributed by atoms with Gasteiger partial charge in [0.25, 0.3) is 0 Å². The standard InChI is InChI=1S/C7H13N/c1-3-6(8)7(2)4-5-7/h3H,4-5,8H2,1-2H3. The molecule has 0 spiro atoms. The molecular formula is C7H13N. The summed E-state index contributed by atoms with van der Waals surface area (Å²) in [5.41, 5.74) is 7.14. The van der Waals surface area contributed by atoms with E-state index in [9.17, 15) is 0 Å². The smallest absolute Gasteiger partial charge is 0.00973 e.